The van der Waals surface area contributed by atoms with Crippen LogP contribution in [0.25, 0.3) is 0 Å². The molecule has 0 saturated carbocycles. The Morgan fingerprint density at radius 2 is 2.10 bits per heavy atom. The van der Waals surface area contributed by atoms with Gasteiger partial charge in [0.05, 0.1) is 6.04 Å². The molecule has 1 aromatic carbocycles. The van der Waals surface area contributed by atoms with Gasteiger partial charge in [-0.1, -0.05) is 56.4 Å². The van der Waals surface area contributed by atoms with Gasteiger partial charge >= 0.3 is 0 Å². The highest BCUT2D eigenvalue weighted by Crippen LogP contribution is 2.42. The predicted molar refractivity (Wildman–Crippen MR) is 84.4 cm³/mol. The second-order valence-corrected chi connectivity index (χ2v) is 7.12. The maximum atomic E-state index is 4.25. The number of nitrogens with zero attached hydrogens (tertiary/aromatic N) is 2. The quantitative estimate of drug-likeness (QED) is 0.913. The molecule has 1 N–H and O–H groups in total. The molecule has 106 valence electrons. The lowest BCUT2D eigenvalue weighted by Crippen LogP contribution is -2.29. The van der Waals surface area contributed by atoms with Gasteiger partial charge in [-0.25, -0.2) is 0 Å². The number of aryl methyl sites for hydroxylation is 1. The van der Waals surface area contributed by atoms with E-state index in [2.05, 4.69) is 60.6 Å². The summed E-state index contributed by atoms with van der Waals surface area (Å²) in [6.45, 7) is 6.78. The second kappa shape index (κ2) is 5.17. The largest absolute Gasteiger partial charge is 0.353 e. The Bertz CT molecular complexity index is 603. The molecule has 0 spiro atoms. The van der Waals surface area contributed by atoms with E-state index < -0.39 is 0 Å². The molecule has 0 fully saturated rings. The van der Waals surface area contributed by atoms with Gasteiger partial charge in [-0.2, -0.15) is 0 Å². The standard InChI is InChI=1S/C16H21N3S/c1-4-14-18-19-15(20-14)17-13-9-10-16(2,3)12-8-6-5-7-11(12)13/h5-8,13H,4,9-10H2,1-3H3,(H,17,19). The Kier molecular flexibility index (Phi) is 3.50. The SMILES string of the molecule is CCc1nnc(NC2CCC(C)(C)c3ccccc32)s1. The molecule has 0 radical (unpaired) electrons. The van der Waals surface area contributed by atoms with Crippen molar-refractivity contribution in [1.82, 2.24) is 10.2 Å². The van der Waals surface area contributed by atoms with E-state index in [1.165, 1.54) is 17.5 Å². The van der Waals surface area contributed by atoms with E-state index in [0.717, 1.165) is 23.0 Å². The molecule has 0 bridgehead atoms. The zero-order valence-corrected chi connectivity index (χ0v) is 13.1. The molecule has 4 heteroatoms. The zero-order valence-electron chi connectivity index (χ0n) is 12.3. The minimum atomic E-state index is 0.268. The van der Waals surface area contributed by atoms with Crippen molar-refractivity contribution in [2.45, 2.75) is 51.5 Å². The fraction of sp³-hybridized carbons (Fsp3) is 0.500. The van der Waals surface area contributed by atoms with E-state index in [0.29, 0.717) is 6.04 Å². The number of fused-ring (bicyclic) bond motifs is 1. The van der Waals surface area contributed by atoms with Crippen LogP contribution in [0, 0.1) is 0 Å². The fourth-order valence-corrected chi connectivity index (χ4v) is 3.70. The first-order chi connectivity index (χ1) is 9.60. The molecule has 3 nitrogen and oxygen atoms in total. The molecule has 3 rings (SSSR count). The van der Waals surface area contributed by atoms with E-state index in [4.69, 9.17) is 0 Å². The lowest BCUT2D eigenvalue weighted by atomic mass is 9.71. The van der Waals surface area contributed by atoms with E-state index in [9.17, 15) is 0 Å². The average molecular weight is 287 g/mol. The summed E-state index contributed by atoms with van der Waals surface area (Å²) < 4.78 is 0. The van der Waals surface area contributed by atoms with Gasteiger partial charge in [-0.3, -0.25) is 0 Å². The Morgan fingerprint density at radius 1 is 1.30 bits per heavy atom. The van der Waals surface area contributed by atoms with Crippen molar-refractivity contribution in [3.8, 4) is 0 Å². The maximum Gasteiger partial charge on any atom is 0.206 e. The molecule has 2 aromatic rings. The van der Waals surface area contributed by atoms with Crippen molar-refractivity contribution < 1.29 is 0 Å². The summed E-state index contributed by atoms with van der Waals surface area (Å²) in [5.41, 5.74) is 3.14. The lowest BCUT2D eigenvalue weighted by molar-refractivity contribution is 0.406. The van der Waals surface area contributed by atoms with E-state index >= 15 is 0 Å². The van der Waals surface area contributed by atoms with Crippen LogP contribution in [0.3, 0.4) is 0 Å². The number of nitrogens with one attached hydrogen (secondary N) is 1. The molecule has 1 unspecified atom stereocenters. The topological polar surface area (TPSA) is 37.8 Å². The predicted octanol–water partition coefficient (Wildman–Crippen LogP) is 4.33. The Hall–Kier alpha value is -1.42. The molecule has 1 aromatic heterocycles. The summed E-state index contributed by atoms with van der Waals surface area (Å²) in [7, 11) is 0. The van der Waals surface area contributed by atoms with Crippen LogP contribution in [0.15, 0.2) is 24.3 Å². The van der Waals surface area contributed by atoms with Crippen LogP contribution < -0.4 is 5.32 Å². The monoisotopic (exact) mass is 287 g/mol. The minimum absolute atomic E-state index is 0.268. The molecule has 1 aliphatic carbocycles. The van der Waals surface area contributed by atoms with Crippen LogP contribution in [-0.2, 0) is 11.8 Å². The molecule has 1 aliphatic rings. The Labute approximate surface area is 124 Å². The Morgan fingerprint density at radius 3 is 2.85 bits per heavy atom. The molecule has 1 atom stereocenters. The van der Waals surface area contributed by atoms with Gasteiger partial charge in [0.1, 0.15) is 5.01 Å². The zero-order chi connectivity index (χ0) is 14.2. The number of hydrogen-bond donors (Lipinski definition) is 1. The van der Waals surface area contributed by atoms with Crippen LogP contribution >= 0.6 is 11.3 Å². The highest BCUT2D eigenvalue weighted by Gasteiger charge is 2.32. The summed E-state index contributed by atoms with van der Waals surface area (Å²) in [6.07, 6.45) is 3.29. The van der Waals surface area contributed by atoms with Gasteiger partial charge in [-0.15, -0.1) is 10.2 Å². The van der Waals surface area contributed by atoms with Gasteiger partial charge < -0.3 is 5.32 Å². The van der Waals surface area contributed by atoms with Crippen LogP contribution in [0.5, 0.6) is 0 Å². The molecular formula is C16H21N3S. The van der Waals surface area contributed by atoms with E-state index in [-0.39, 0.29) is 5.41 Å². The van der Waals surface area contributed by atoms with Crippen molar-refractivity contribution in [3.63, 3.8) is 0 Å². The first-order valence-electron chi connectivity index (χ1n) is 7.28. The normalized spacial score (nSPS) is 20.4. The van der Waals surface area contributed by atoms with Crippen LogP contribution in [0.4, 0.5) is 5.13 Å². The van der Waals surface area contributed by atoms with Gasteiger partial charge in [0.2, 0.25) is 5.13 Å². The summed E-state index contributed by atoms with van der Waals surface area (Å²) in [6, 6.07) is 9.14. The lowest BCUT2D eigenvalue weighted by Gasteiger charge is -2.37. The van der Waals surface area contributed by atoms with Crippen molar-refractivity contribution in [3.05, 3.63) is 40.4 Å². The van der Waals surface area contributed by atoms with Gasteiger partial charge in [0.15, 0.2) is 0 Å². The molecular weight excluding hydrogens is 266 g/mol. The summed E-state index contributed by atoms with van der Waals surface area (Å²) in [5, 5.41) is 14.1. The molecule has 0 aliphatic heterocycles. The highest BCUT2D eigenvalue weighted by atomic mass is 32.1. The second-order valence-electron chi connectivity index (χ2n) is 6.06. The van der Waals surface area contributed by atoms with Crippen molar-refractivity contribution in [2.75, 3.05) is 5.32 Å². The number of rotatable bonds is 3. The van der Waals surface area contributed by atoms with Gasteiger partial charge in [0.25, 0.3) is 0 Å². The van der Waals surface area contributed by atoms with E-state index in [1.807, 2.05) is 0 Å². The smallest absolute Gasteiger partial charge is 0.206 e. The number of hydrogen-bond acceptors (Lipinski definition) is 4. The maximum absolute atomic E-state index is 4.25. The third kappa shape index (κ3) is 2.44. The first-order valence-corrected chi connectivity index (χ1v) is 8.10. The first kappa shape index (κ1) is 13.6. The van der Waals surface area contributed by atoms with Gasteiger partial charge in [0, 0.05) is 0 Å². The third-order valence-electron chi connectivity index (χ3n) is 4.19. The number of anilines is 1. The van der Waals surface area contributed by atoms with Crippen molar-refractivity contribution in [2.24, 2.45) is 0 Å². The summed E-state index contributed by atoms with van der Waals surface area (Å²) in [4.78, 5) is 0. The van der Waals surface area contributed by atoms with E-state index in [1.54, 1.807) is 11.3 Å². The van der Waals surface area contributed by atoms with Crippen molar-refractivity contribution >= 4 is 16.5 Å². The minimum Gasteiger partial charge on any atom is -0.353 e. The van der Waals surface area contributed by atoms with Gasteiger partial charge in [-0.05, 0) is 35.8 Å². The number of benzene rings is 1. The molecule has 20 heavy (non-hydrogen) atoms. The number of aromatic nitrogens is 2. The van der Waals surface area contributed by atoms with Crippen LogP contribution in [0.2, 0.25) is 0 Å². The highest BCUT2D eigenvalue weighted by molar-refractivity contribution is 7.15. The third-order valence-corrected chi connectivity index (χ3v) is 5.19. The molecule has 0 amide bonds. The molecule has 0 saturated heterocycles. The fourth-order valence-electron chi connectivity index (χ4n) is 2.97. The van der Waals surface area contributed by atoms with Crippen LogP contribution in [-0.4, -0.2) is 10.2 Å². The Balaban J connectivity index is 1.88. The van der Waals surface area contributed by atoms with Crippen LogP contribution in [0.1, 0.15) is 55.8 Å². The summed E-state index contributed by atoms with van der Waals surface area (Å²) >= 11 is 1.67. The molecule has 1 heterocycles. The summed E-state index contributed by atoms with van der Waals surface area (Å²) in [5.74, 6) is 0. The average Bonchev–Trinajstić information content (AvgIpc) is 2.90. The van der Waals surface area contributed by atoms with Crippen molar-refractivity contribution in [1.29, 1.82) is 0 Å².